The molecule has 0 unspecified atom stereocenters. The molecule has 0 atom stereocenters. The summed E-state index contributed by atoms with van der Waals surface area (Å²) in [7, 11) is 0. The number of anilines is 1. The molecule has 1 rings (SSSR count). The van der Waals surface area contributed by atoms with Crippen molar-refractivity contribution in [3.05, 3.63) is 22.2 Å². The van der Waals surface area contributed by atoms with Crippen LogP contribution in [0.1, 0.15) is 0 Å². The molecule has 0 fully saturated rings. The van der Waals surface area contributed by atoms with Gasteiger partial charge in [0.05, 0.1) is 15.7 Å². The summed E-state index contributed by atoms with van der Waals surface area (Å²) in [5.41, 5.74) is 5.30. The van der Waals surface area contributed by atoms with Crippen molar-refractivity contribution in [2.45, 2.75) is 16.3 Å². The zero-order valence-electron chi connectivity index (χ0n) is 7.79. The molecule has 0 aliphatic rings. The van der Waals surface area contributed by atoms with Gasteiger partial charge in [0, 0.05) is 4.90 Å². The molecule has 9 heteroatoms. The van der Waals surface area contributed by atoms with Crippen LogP contribution in [0.25, 0.3) is 0 Å². The van der Waals surface area contributed by atoms with Gasteiger partial charge in [-0.2, -0.15) is 22.0 Å². The molecule has 1 nitrogen and oxygen atoms in total. The van der Waals surface area contributed by atoms with Gasteiger partial charge in [0.1, 0.15) is 0 Å². The van der Waals surface area contributed by atoms with Gasteiger partial charge in [-0.3, -0.25) is 0 Å². The number of hydrogen-bond acceptors (Lipinski definition) is 2. The van der Waals surface area contributed by atoms with Gasteiger partial charge in [-0.05, 0) is 23.9 Å². The topological polar surface area (TPSA) is 26.0 Å². The highest BCUT2D eigenvalue weighted by molar-refractivity contribution is 8.00. The predicted molar refractivity (Wildman–Crippen MR) is 57.7 cm³/mol. The van der Waals surface area contributed by atoms with Crippen LogP contribution < -0.4 is 5.73 Å². The molecule has 0 amide bonds. The molecule has 0 heterocycles. The molecule has 0 aliphatic heterocycles. The third kappa shape index (κ3) is 3.29. The van der Waals surface area contributed by atoms with Crippen LogP contribution >= 0.6 is 35.0 Å². The number of halogens is 7. The van der Waals surface area contributed by atoms with Crippen LogP contribution in [0.15, 0.2) is 17.0 Å². The first-order valence-corrected chi connectivity index (χ1v) is 5.50. The maximum Gasteiger partial charge on any atom is 0.464 e. The van der Waals surface area contributed by atoms with E-state index < -0.39 is 28.1 Å². The summed E-state index contributed by atoms with van der Waals surface area (Å²) in [6, 6.07) is 1.88. The largest absolute Gasteiger partial charge is 0.464 e. The summed E-state index contributed by atoms with van der Waals surface area (Å²) in [6.45, 7) is 0. The molecule has 96 valence electrons. The van der Waals surface area contributed by atoms with E-state index >= 15 is 0 Å². The van der Waals surface area contributed by atoms with Crippen LogP contribution in [0.3, 0.4) is 0 Å². The highest BCUT2D eigenvalue weighted by atomic mass is 35.5. The predicted octanol–water partition coefficient (Wildman–Crippen LogP) is 4.82. The van der Waals surface area contributed by atoms with Crippen LogP contribution in [-0.2, 0) is 0 Å². The van der Waals surface area contributed by atoms with Crippen LogP contribution in [0.4, 0.5) is 27.6 Å². The van der Waals surface area contributed by atoms with Crippen molar-refractivity contribution in [3.8, 4) is 0 Å². The number of nitrogen functional groups attached to an aromatic ring is 1. The zero-order chi connectivity index (χ0) is 13.4. The van der Waals surface area contributed by atoms with Crippen molar-refractivity contribution in [1.29, 1.82) is 0 Å². The summed E-state index contributed by atoms with van der Waals surface area (Å²) in [6.07, 6.45) is -5.67. The van der Waals surface area contributed by atoms with E-state index in [9.17, 15) is 22.0 Å². The summed E-state index contributed by atoms with van der Waals surface area (Å²) in [5.74, 6) is 0. The number of alkyl halides is 5. The van der Waals surface area contributed by atoms with E-state index in [4.69, 9.17) is 28.9 Å². The normalized spacial score (nSPS) is 12.9. The Bertz CT molecular complexity index is 435. The quantitative estimate of drug-likeness (QED) is 0.481. The van der Waals surface area contributed by atoms with Crippen molar-refractivity contribution in [1.82, 2.24) is 0 Å². The van der Waals surface area contributed by atoms with Gasteiger partial charge in [-0.25, -0.2) is 0 Å². The lowest BCUT2D eigenvalue weighted by Gasteiger charge is -2.19. The van der Waals surface area contributed by atoms with Crippen LogP contribution in [0.2, 0.25) is 10.0 Å². The number of nitrogens with two attached hydrogens (primary N) is 1. The molecule has 0 bridgehead atoms. The Morgan fingerprint density at radius 3 is 2.00 bits per heavy atom. The standard InChI is InChI=1S/C8H4Cl2F5NS/c9-3-2-6(4(10)1-5(3)16)17-8(14,15)7(11,12)13/h1-2H,16H2. The van der Waals surface area contributed by atoms with Crippen molar-refractivity contribution < 1.29 is 22.0 Å². The van der Waals surface area contributed by atoms with E-state index in [-0.39, 0.29) is 15.7 Å². The Morgan fingerprint density at radius 2 is 1.53 bits per heavy atom. The van der Waals surface area contributed by atoms with Crippen molar-refractivity contribution in [3.63, 3.8) is 0 Å². The average molecular weight is 312 g/mol. The SMILES string of the molecule is Nc1cc(Cl)c(SC(F)(F)C(F)(F)F)cc1Cl. The van der Waals surface area contributed by atoms with Gasteiger partial charge in [0.15, 0.2) is 0 Å². The third-order valence-electron chi connectivity index (χ3n) is 1.62. The first-order valence-electron chi connectivity index (χ1n) is 3.92. The van der Waals surface area contributed by atoms with E-state index in [1.54, 1.807) is 0 Å². The van der Waals surface area contributed by atoms with E-state index in [0.29, 0.717) is 0 Å². The van der Waals surface area contributed by atoms with Crippen LogP contribution in [-0.4, -0.2) is 11.4 Å². The minimum Gasteiger partial charge on any atom is -0.397 e. The van der Waals surface area contributed by atoms with E-state index in [1.165, 1.54) is 0 Å². The maximum atomic E-state index is 12.7. The molecule has 17 heavy (non-hydrogen) atoms. The van der Waals surface area contributed by atoms with Crippen LogP contribution in [0.5, 0.6) is 0 Å². The Morgan fingerprint density at radius 1 is 1.00 bits per heavy atom. The molecule has 1 aromatic rings. The summed E-state index contributed by atoms with van der Waals surface area (Å²) >= 11 is 10.3. The third-order valence-corrected chi connectivity index (χ3v) is 3.42. The Kier molecular flexibility index (Phi) is 4.05. The first-order chi connectivity index (χ1) is 7.54. The van der Waals surface area contributed by atoms with Crippen molar-refractivity contribution >= 4 is 40.7 Å². The van der Waals surface area contributed by atoms with Gasteiger partial charge in [-0.15, -0.1) is 0 Å². The fraction of sp³-hybridized carbons (Fsp3) is 0.250. The molecular formula is C8H4Cl2F5NS. The molecule has 0 radical (unpaired) electrons. The molecule has 2 N–H and O–H groups in total. The first kappa shape index (κ1) is 14.7. The number of thioether (sulfide) groups is 1. The van der Waals surface area contributed by atoms with Gasteiger partial charge in [0.25, 0.3) is 0 Å². The lowest BCUT2D eigenvalue weighted by molar-refractivity contribution is -0.237. The molecular weight excluding hydrogens is 308 g/mol. The fourth-order valence-corrected chi connectivity index (χ4v) is 2.06. The van der Waals surface area contributed by atoms with E-state index in [2.05, 4.69) is 0 Å². The summed E-state index contributed by atoms with van der Waals surface area (Å²) in [5, 5.41) is -5.41. The Hall–Kier alpha value is -0.400. The minimum absolute atomic E-state index is 0.00339. The monoisotopic (exact) mass is 311 g/mol. The van der Waals surface area contributed by atoms with Crippen molar-refractivity contribution in [2.75, 3.05) is 5.73 Å². The summed E-state index contributed by atoms with van der Waals surface area (Å²) < 4.78 is 61.3. The van der Waals surface area contributed by atoms with Gasteiger partial charge in [-0.1, -0.05) is 23.2 Å². The van der Waals surface area contributed by atoms with E-state index in [0.717, 1.165) is 12.1 Å². The zero-order valence-corrected chi connectivity index (χ0v) is 10.1. The second-order valence-corrected chi connectivity index (χ2v) is 4.89. The Balaban J connectivity index is 3.08. The van der Waals surface area contributed by atoms with Gasteiger partial charge >= 0.3 is 11.4 Å². The molecule has 0 saturated carbocycles. The molecule has 0 saturated heterocycles. The maximum absolute atomic E-state index is 12.7. The smallest absolute Gasteiger partial charge is 0.397 e. The van der Waals surface area contributed by atoms with Crippen molar-refractivity contribution in [2.24, 2.45) is 0 Å². The number of hydrogen-bond donors (Lipinski definition) is 1. The number of rotatable bonds is 2. The van der Waals surface area contributed by atoms with Gasteiger partial charge in [0.2, 0.25) is 0 Å². The lowest BCUT2D eigenvalue weighted by atomic mass is 10.3. The summed E-state index contributed by atoms with van der Waals surface area (Å²) in [4.78, 5) is -0.492. The molecule has 0 aliphatic carbocycles. The minimum atomic E-state index is -5.67. The Labute approximate surface area is 107 Å². The molecule has 0 aromatic heterocycles. The molecule has 0 spiro atoms. The van der Waals surface area contributed by atoms with E-state index in [1.807, 2.05) is 0 Å². The average Bonchev–Trinajstić information content (AvgIpc) is 2.12. The van der Waals surface area contributed by atoms with Gasteiger partial charge < -0.3 is 5.73 Å². The molecule has 1 aromatic carbocycles. The highest BCUT2D eigenvalue weighted by Crippen LogP contribution is 2.49. The lowest BCUT2D eigenvalue weighted by Crippen LogP contribution is -2.32. The highest BCUT2D eigenvalue weighted by Gasteiger charge is 2.58. The van der Waals surface area contributed by atoms with Crippen LogP contribution in [0, 0.1) is 0 Å². The second kappa shape index (κ2) is 4.70. The number of benzene rings is 1. The fourth-order valence-electron chi connectivity index (χ4n) is 0.818. The second-order valence-electron chi connectivity index (χ2n) is 2.92.